The van der Waals surface area contributed by atoms with Crippen molar-refractivity contribution in [1.29, 1.82) is 0 Å². The smallest absolute Gasteiger partial charge is 0.220 e. The first-order valence-corrected chi connectivity index (χ1v) is 9.67. The van der Waals surface area contributed by atoms with Crippen molar-refractivity contribution in [2.45, 2.75) is 51.1 Å². The minimum atomic E-state index is 0.154. The molecule has 140 valence electrons. The van der Waals surface area contributed by atoms with E-state index in [2.05, 4.69) is 50.6 Å². The Morgan fingerprint density at radius 2 is 2.08 bits per heavy atom. The molecule has 0 saturated carbocycles. The van der Waals surface area contributed by atoms with E-state index in [1.165, 1.54) is 18.3 Å². The summed E-state index contributed by atoms with van der Waals surface area (Å²) in [5.74, 6) is 0.154. The second-order valence-corrected chi connectivity index (χ2v) is 7.06. The quantitative estimate of drug-likeness (QED) is 0.749. The first kappa shape index (κ1) is 18.6. The van der Waals surface area contributed by atoms with Crippen molar-refractivity contribution >= 4 is 5.91 Å². The molecule has 1 aliphatic heterocycles. The number of benzene rings is 1. The molecule has 3 rings (SSSR count). The zero-order chi connectivity index (χ0) is 18.0. The van der Waals surface area contributed by atoms with E-state index < -0.39 is 0 Å². The molecule has 2 aromatic rings. The zero-order valence-corrected chi connectivity index (χ0v) is 15.4. The van der Waals surface area contributed by atoms with Crippen LogP contribution >= 0.6 is 0 Å². The maximum atomic E-state index is 12.2. The van der Waals surface area contributed by atoms with Crippen LogP contribution in [0.2, 0.25) is 0 Å². The molecule has 0 radical (unpaired) electrons. The van der Waals surface area contributed by atoms with Gasteiger partial charge >= 0.3 is 0 Å². The number of aromatic nitrogens is 3. The maximum Gasteiger partial charge on any atom is 0.220 e. The third-order valence-corrected chi connectivity index (χ3v) is 4.91. The van der Waals surface area contributed by atoms with E-state index in [4.69, 9.17) is 0 Å². The minimum absolute atomic E-state index is 0.154. The van der Waals surface area contributed by atoms with Crippen LogP contribution in [0.4, 0.5) is 0 Å². The predicted octanol–water partition coefficient (Wildman–Crippen LogP) is 2.27. The van der Waals surface area contributed by atoms with Crippen LogP contribution < -0.4 is 5.32 Å². The molecular formula is C20H29N5O. The number of likely N-dealkylation sites (tertiary alicyclic amines) is 1. The number of rotatable bonds is 9. The summed E-state index contributed by atoms with van der Waals surface area (Å²) in [5, 5.41) is 7.27. The van der Waals surface area contributed by atoms with E-state index in [0.717, 1.165) is 51.9 Å². The average Bonchev–Trinajstić information content (AvgIpc) is 3.16. The van der Waals surface area contributed by atoms with E-state index in [0.29, 0.717) is 12.5 Å². The highest BCUT2D eigenvalue weighted by Gasteiger charge is 2.20. The van der Waals surface area contributed by atoms with Crippen molar-refractivity contribution in [2.24, 2.45) is 0 Å². The molecule has 1 aromatic carbocycles. The Morgan fingerprint density at radius 1 is 1.19 bits per heavy atom. The fourth-order valence-electron chi connectivity index (χ4n) is 3.58. The van der Waals surface area contributed by atoms with E-state index in [9.17, 15) is 4.79 Å². The normalized spacial score (nSPS) is 17.9. The lowest BCUT2D eigenvalue weighted by Crippen LogP contribution is -2.47. The van der Waals surface area contributed by atoms with E-state index in [1.54, 1.807) is 11.0 Å². The number of nitrogens with zero attached hydrogens (tertiary/aromatic N) is 4. The molecule has 1 aliphatic rings. The molecule has 1 amide bonds. The highest BCUT2D eigenvalue weighted by molar-refractivity contribution is 5.76. The van der Waals surface area contributed by atoms with Crippen LogP contribution in [0, 0.1) is 0 Å². The Bertz CT molecular complexity index is 643. The summed E-state index contributed by atoms with van der Waals surface area (Å²) in [5.41, 5.74) is 1.40. The van der Waals surface area contributed by atoms with Gasteiger partial charge in [0.05, 0.1) is 0 Å². The number of hydrogen-bond acceptors (Lipinski definition) is 4. The molecule has 1 aromatic heterocycles. The summed E-state index contributed by atoms with van der Waals surface area (Å²) in [7, 11) is 0. The van der Waals surface area contributed by atoms with Crippen molar-refractivity contribution in [3.05, 3.63) is 48.5 Å². The molecule has 26 heavy (non-hydrogen) atoms. The molecule has 1 saturated heterocycles. The molecular weight excluding hydrogens is 326 g/mol. The first-order valence-electron chi connectivity index (χ1n) is 9.67. The highest BCUT2D eigenvalue weighted by Crippen LogP contribution is 2.12. The summed E-state index contributed by atoms with van der Waals surface area (Å²) in [4.78, 5) is 18.6. The van der Waals surface area contributed by atoms with Crippen molar-refractivity contribution in [2.75, 3.05) is 19.6 Å². The van der Waals surface area contributed by atoms with Gasteiger partial charge in [-0.1, -0.05) is 30.3 Å². The number of hydrogen-bond donors (Lipinski definition) is 1. The fraction of sp³-hybridized carbons (Fsp3) is 0.550. The van der Waals surface area contributed by atoms with Crippen LogP contribution in [0.5, 0.6) is 0 Å². The van der Waals surface area contributed by atoms with E-state index in [1.807, 2.05) is 0 Å². The van der Waals surface area contributed by atoms with E-state index >= 15 is 0 Å². The van der Waals surface area contributed by atoms with Gasteiger partial charge in [0.1, 0.15) is 12.7 Å². The topological polar surface area (TPSA) is 63.1 Å². The number of carbonyl (C=O) groups excluding carboxylic acids is 1. The average molecular weight is 355 g/mol. The summed E-state index contributed by atoms with van der Waals surface area (Å²) in [6.07, 6.45) is 9.09. The van der Waals surface area contributed by atoms with E-state index in [-0.39, 0.29) is 5.91 Å². The summed E-state index contributed by atoms with van der Waals surface area (Å²) >= 11 is 0. The molecule has 6 nitrogen and oxygen atoms in total. The van der Waals surface area contributed by atoms with Gasteiger partial charge in [-0.25, -0.2) is 4.98 Å². The lowest BCUT2D eigenvalue weighted by molar-refractivity contribution is -0.122. The summed E-state index contributed by atoms with van der Waals surface area (Å²) in [6, 6.07) is 10.9. The van der Waals surface area contributed by atoms with Gasteiger partial charge in [0, 0.05) is 25.6 Å². The number of amides is 1. The third-order valence-electron chi connectivity index (χ3n) is 4.91. The molecule has 1 N–H and O–H groups in total. The lowest BCUT2D eigenvalue weighted by atomic mass is 10.0. The summed E-state index contributed by atoms with van der Waals surface area (Å²) < 4.78 is 1.77. The third kappa shape index (κ3) is 6.26. The molecule has 6 heteroatoms. The largest absolute Gasteiger partial charge is 0.352 e. The Hall–Kier alpha value is -2.21. The molecule has 0 spiro atoms. The Morgan fingerprint density at radius 3 is 2.88 bits per heavy atom. The van der Waals surface area contributed by atoms with Crippen LogP contribution in [-0.2, 0) is 17.8 Å². The molecule has 0 aliphatic carbocycles. The SMILES string of the molecule is O=C(CCCn1cncn1)N[C@H]1CCCN(CCCc2ccccc2)C1. The highest BCUT2D eigenvalue weighted by atomic mass is 16.1. The predicted molar refractivity (Wildman–Crippen MR) is 102 cm³/mol. The van der Waals surface area contributed by atoms with Gasteiger partial charge in [-0.2, -0.15) is 5.10 Å². The zero-order valence-electron chi connectivity index (χ0n) is 15.4. The number of piperidine rings is 1. The van der Waals surface area contributed by atoms with Gasteiger partial charge in [0.25, 0.3) is 0 Å². The molecule has 0 bridgehead atoms. The van der Waals surface area contributed by atoms with Gasteiger partial charge in [-0.15, -0.1) is 0 Å². The molecule has 1 atom stereocenters. The first-order chi connectivity index (χ1) is 12.8. The lowest BCUT2D eigenvalue weighted by Gasteiger charge is -2.33. The number of carbonyl (C=O) groups is 1. The Balaban J connectivity index is 1.31. The fourth-order valence-corrected chi connectivity index (χ4v) is 3.58. The standard InChI is InChI=1S/C20H29N5O/c26-20(11-6-14-25-17-21-16-22-25)23-19-10-5-13-24(15-19)12-4-9-18-7-2-1-3-8-18/h1-3,7-8,16-17,19H,4-6,9-15H2,(H,23,26)/t19-/m0/s1. The van der Waals surface area contributed by atoms with Crippen LogP contribution in [0.3, 0.4) is 0 Å². The second-order valence-electron chi connectivity index (χ2n) is 7.06. The minimum Gasteiger partial charge on any atom is -0.352 e. The van der Waals surface area contributed by atoms with Gasteiger partial charge in [-0.3, -0.25) is 9.48 Å². The number of aryl methyl sites for hydroxylation is 2. The van der Waals surface area contributed by atoms with Crippen LogP contribution in [0.1, 0.15) is 37.7 Å². The number of nitrogens with one attached hydrogen (secondary N) is 1. The Kier molecular flexibility index (Phi) is 7.19. The van der Waals surface area contributed by atoms with Crippen LogP contribution in [-0.4, -0.2) is 51.2 Å². The second kappa shape index (κ2) is 10.1. The van der Waals surface area contributed by atoms with Gasteiger partial charge in [0.15, 0.2) is 0 Å². The molecule has 2 heterocycles. The van der Waals surface area contributed by atoms with Crippen LogP contribution in [0.25, 0.3) is 0 Å². The molecule has 0 unspecified atom stereocenters. The molecule has 1 fully saturated rings. The van der Waals surface area contributed by atoms with Crippen molar-refractivity contribution in [3.63, 3.8) is 0 Å². The van der Waals surface area contributed by atoms with Crippen LogP contribution in [0.15, 0.2) is 43.0 Å². The van der Waals surface area contributed by atoms with Crippen molar-refractivity contribution < 1.29 is 4.79 Å². The summed E-state index contributed by atoms with van der Waals surface area (Å²) in [6.45, 7) is 3.97. The van der Waals surface area contributed by atoms with Gasteiger partial charge in [0.2, 0.25) is 5.91 Å². The Labute approximate surface area is 155 Å². The van der Waals surface area contributed by atoms with Crippen molar-refractivity contribution in [1.82, 2.24) is 25.0 Å². The monoisotopic (exact) mass is 355 g/mol. The van der Waals surface area contributed by atoms with Gasteiger partial charge < -0.3 is 10.2 Å². The van der Waals surface area contributed by atoms with Crippen molar-refractivity contribution in [3.8, 4) is 0 Å². The maximum absolute atomic E-state index is 12.2. The van der Waals surface area contributed by atoms with Gasteiger partial charge in [-0.05, 0) is 50.8 Å².